The molecule has 0 amide bonds. The summed E-state index contributed by atoms with van der Waals surface area (Å²) in [5, 5.41) is 30.5. The van der Waals surface area contributed by atoms with Crippen LogP contribution in [0.1, 0.15) is 142 Å². The van der Waals surface area contributed by atoms with Crippen molar-refractivity contribution in [2.45, 2.75) is 148 Å². The van der Waals surface area contributed by atoms with Crippen LogP contribution < -0.4 is 0 Å². The van der Waals surface area contributed by atoms with E-state index in [4.69, 9.17) is 9.47 Å². The maximum atomic E-state index is 11.4. The molecule has 44 heavy (non-hydrogen) atoms. The van der Waals surface area contributed by atoms with Gasteiger partial charge in [0.25, 0.3) is 0 Å². The van der Waals surface area contributed by atoms with Crippen LogP contribution in [0.25, 0.3) is 0 Å². The molecule has 0 aliphatic heterocycles. The van der Waals surface area contributed by atoms with Crippen LogP contribution in [-0.2, 0) is 24.1 Å². The third kappa shape index (κ3) is 33.0. The molecule has 268 valence electrons. The molecular formula is C33H71NO9S. The highest BCUT2D eigenvalue weighted by molar-refractivity contribution is 7.80. The van der Waals surface area contributed by atoms with Crippen LogP contribution >= 0.6 is 0 Å². The molecule has 10 nitrogen and oxygen atoms in total. The molecule has 0 rings (SSSR count). The van der Waals surface area contributed by atoms with Crippen LogP contribution in [0.4, 0.5) is 0 Å². The van der Waals surface area contributed by atoms with Crippen molar-refractivity contribution in [1.82, 2.24) is 0 Å². The minimum Gasteiger partial charge on any atom is -0.726 e. The number of hydrogen-bond acceptors (Lipinski definition) is 9. The Morgan fingerprint density at radius 1 is 0.659 bits per heavy atom. The first-order valence-electron chi connectivity index (χ1n) is 17.5. The van der Waals surface area contributed by atoms with Gasteiger partial charge in [-0.25, -0.2) is 8.42 Å². The summed E-state index contributed by atoms with van der Waals surface area (Å²) in [6.45, 7) is 7.01. The molecular weight excluding hydrogens is 586 g/mol. The van der Waals surface area contributed by atoms with Crippen molar-refractivity contribution in [2.75, 3.05) is 66.8 Å². The Hall–Kier alpha value is -0.370. The number of unbranched alkanes of at least 4 members (excludes halogenated alkanes) is 18. The molecule has 0 aromatic carbocycles. The number of aliphatic hydroxyl groups excluding tert-OH is 2. The Morgan fingerprint density at radius 3 is 1.34 bits per heavy atom. The molecule has 0 saturated carbocycles. The van der Waals surface area contributed by atoms with Gasteiger partial charge in [0.2, 0.25) is 16.2 Å². The van der Waals surface area contributed by atoms with Crippen LogP contribution in [0.3, 0.4) is 0 Å². The lowest BCUT2D eigenvalue weighted by Crippen LogP contribution is -2.59. The molecule has 0 radical (unpaired) electrons. The van der Waals surface area contributed by atoms with E-state index < -0.39 is 16.2 Å². The van der Waals surface area contributed by atoms with Crippen molar-refractivity contribution < 1.29 is 46.4 Å². The quantitative estimate of drug-likeness (QED) is 0.0258. The molecule has 11 heteroatoms. The second-order valence-electron chi connectivity index (χ2n) is 12.5. The average Bonchev–Trinajstić information content (AvgIpc) is 2.96. The van der Waals surface area contributed by atoms with E-state index in [0.29, 0.717) is 37.3 Å². The van der Waals surface area contributed by atoms with Gasteiger partial charge in [-0.3, -0.25) is 4.18 Å². The minimum absolute atomic E-state index is 0.00445. The van der Waals surface area contributed by atoms with E-state index in [0.717, 1.165) is 32.8 Å². The Bertz CT molecular complexity index is 691. The van der Waals surface area contributed by atoms with E-state index in [2.05, 4.69) is 18.0 Å². The Labute approximate surface area is 271 Å². The van der Waals surface area contributed by atoms with Crippen LogP contribution in [0, 0.1) is 0 Å². The maximum absolute atomic E-state index is 11.4. The monoisotopic (exact) mass is 657 g/mol. The Kier molecular flexibility index (Phi) is 32.5. The van der Waals surface area contributed by atoms with Crippen LogP contribution in [0.5, 0.6) is 0 Å². The van der Waals surface area contributed by atoms with E-state index in [9.17, 15) is 28.3 Å². The molecule has 0 spiro atoms. The van der Waals surface area contributed by atoms with Crippen molar-refractivity contribution in [2.24, 2.45) is 0 Å². The lowest BCUT2D eigenvalue weighted by atomic mass is 10.1. The SMILES string of the molecule is CCCCCCCCCCCCOCC(O)(C[N+](C)(CCO)CCO)OCCCCCCCCCCCC.COS(=O)(=O)[O-]. The summed E-state index contributed by atoms with van der Waals surface area (Å²) in [7, 11) is -1.66. The van der Waals surface area contributed by atoms with Crippen molar-refractivity contribution >= 4 is 10.4 Å². The van der Waals surface area contributed by atoms with Gasteiger partial charge in [0.05, 0.1) is 34.0 Å². The standard InChI is InChI=1S/C32H68NO5.CH4O4S/c1-4-6-8-10-12-14-16-18-20-22-28-37-31-32(36,30-33(3,24-26-34)25-27-35)38-29-23-21-19-17-15-13-11-9-7-5-2;1-5-6(2,3)4/h34-36H,4-31H2,1-3H3;1H3,(H,2,3,4)/q+1;/p-1. The summed E-state index contributed by atoms with van der Waals surface area (Å²) in [6, 6.07) is 0. The summed E-state index contributed by atoms with van der Waals surface area (Å²) in [5.74, 6) is -1.41. The second kappa shape index (κ2) is 31.2. The predicted octanol–water partition coefficient (Wildman–Crippen LogP) is 6.07. The molecule has 0 aromatic heterocycles. The molecule has 0 saturated heterocycles. The van der Waals surface area contributed by atoms with Gasteiger partial charge in [-0.2, -0.15) is 0 Å². The van der Waals surface area contributed by atoms with Crippen molar-refractivity contribution in [3.63, 3.8) is 0 Å². The highest BCUT2D eigenvalue weighted by atomic mass is 32.3. The highest BCUT2D eigenvalue weighted by Gasteiger charge is 2.38. The van der Waals surface area contributed by atoms with Crippen LogP contribution in [-0.4, -0.2) is 105 Å². The van der Waals surface area contributed by atoms with E-state index in [1.807, 2.05) is 7.05 Å². The second-order valence-corrected chi connectivity index (χ2v) is 13.6. The van der Waals surface area contributed by atoms with Gasteiger partial charge in [-0.15, -0.1) is 0 Å². The number of ether oxygens (including phenoxy) is 2. The lowest BCUT2D eigenvalue weighted by molar-refractivity contribution is -0.919. The summed E-state index contributed by atoms with van der Waals surface area (Å²) in [6.07, 6.45) is 25.4. The fraction of sp³-hybridized carbons (Fsp3) is 1.00. The summed E-state index contributed by atoms with van der Waals surface area (Å²) in [5.41, 5.74) is 0. The summed E-state index contributed by atoms with van der Waals surface area (Å²) < 4.78 is 43.3. The topological polar surface area (TPSA) is 146 Å². The summed E-state index contributed by atoms with van der Waals surface area (Å²) in [4.78, 5) is 0. The van der Waals surface area contributed by atoms with Gasteiger partial charge in [0.15, 0.2) is 0 Å². The fourth-order valence-corrected chi connectivity index (χ4v) is 5.26. The largest absolute Gasteiger partial charge is 0.726 e. The highest BCUT2D eigenvalue weighted by Crippen LogP contribution is 2.18. The molecule has 0 fully saturated rings. The third-order valence-electron chi connectivity index (χ3n) is 7.95. The number of likely N-dealkylation sites (N-methyl/N-ethyl adjacent to an activating group) is 1. The van der Waals surface area contributed by atoms with Crippen LogP contribution in [0.2, 0.25) is 0 Å². The molecule has 0 bridgehead atoms. The van der Waals surface area contributed by atoms with Crippen molar-refractivity contribution in [3.8, 4) is 0 Å². The van der Waals surface area contributed by atoms with Gasteiger partial charge in [0.1, 0.15) is 26.2 Å². The molecule has 0 heterocycles. The predicted molar refractivity (Wildman–Crippen MR) is 177 cm³/mol. The maximum Gasteiger partial charge on any atom is 0.240 e. The van der Waals surface area contributed by atoms with E-state index in [-0.39, 0.29) is 19.8 Å². The van der Waals surface area contributed by atoms with E-state index in [1.165, 1.54) is 103 Å². The zero-order chi connectivity index (χ0) is 33.4. The Balaban J connectivity index is 0. The zero-order valence-electron chi connectivity index (χ0n) is 28.9. The first-order chi connectivity index (χ1) is 21.0. The smallest absolute Gasteiger partial charge is 0.240 e. The van der Waals surface area contributed by atoms with Crippen LogP contribution in [0.15, 0.2) is 0 Å². The molecule has 3 N–H and O–H groups in total. The number of quaternary nitrogens is 1. The van der Waals surface area contributed by atoms with E-state index in [1.54, 1.807) is 0 Å². The van der Waals surface area contributed by atoms with Gasteiger partial charge in [-0.1, -0.05) is 129 Å². The zero-order valence-corrected chi connectivity index (χ0v) is 29.8. The van der Waals surface area contributed by atoms with Gasteiger partial charge in [-0.05, 0) is 12.8 Å². The average molecular weight is 658 g/mol. The summed E-state index contributed by atoms with van der Waals surface area (Å²) >= 11 is 0. The van der Waals surface area contributed by atoms with Gasteiger partial charge < -0.3 is 33.8 Å². The van der Waals surface area contributed by atoms with E-state index >= 15 is 0 Å². The molecule has 1 atom stereocenters. The molecule has 0 aliphatic carbocycles. The minimum atomic E-state index is -4.41. The first kappa shape index (κ1) is 45.8. The molecule has 0 aliphatic rings. The Morgan fingerprint density at radius 2 is 1.00 bits per heavy atom. The number of hydrogen-bond donors (Lipinski definition) is 3. The number of rotatable bonds is 32. The fourth-order valence-electron chi connectivity index (χ4n) is 5.26. The third-order valence-corrected chi connectivity index (χ3v) is 8.36. The number of nitrogens with zero attached hydrogens (tertiary/aromatic N) is 1. The first-order valence-corrected chi connectivity index (χ1v) is 18.9. The lowest BCUT2D eigenvalue weighted by Gasteiger charge is -2.40. The van der Waals surface area contributed by atoms with Crippen molar-refractivity contribution in [1.29, 1.82) is 0 Å². The van der Waals surface area contributed by atoms with Gasteiger partial charge in [0, 0.05) is 6.61 Å². The van der Waals surface area contributed by atoms with Gasteiger partial charge >= 0.3 is 0 Å². The molecule has 1 unspecified atom stereocenters. The number of aliphatic hydroxyl groups is 3. The van der Waals surface area contributed by atoms with Crippen molar-refractivity contribution in [3.05, 3.63) is 0 Å². The molecule has 0 aromatic rings. The normalized spacial score (nSPS) is 13.5.